The number of aromatic amines is 1. The van der Waals surface area contributed by atoms with Gasteiger partial charge in [-0.1, -0.05) is 23.7 Å². The van der Waals surface area contributed by atoms with Gasteiger partial charge in [0.1, 0.15) is 5.69 Å². The maximum absolute atomic E-state index is 12.2. The number of nitrogens with one attached hydrogen (secondary N) is 2. The third kappa shape index (κ3) is 4.73. The summed E-state index contributed by atoms with van der Waals surface area (Å²) in [5.74, 6) is 0.172. The highest BCUT2D eigenvalue weighted by Crippen LogP contribution is 2.17. The van der Waals surface area contributed by atoms with Crippen LogP contribution in [0.1, 0.15) is 17.7 Å². The van der Waals surface area contributed by atoms with Crippen molar-refractivity contribution in [1.82, 2.24) is 25.5 Å². The summed E-state index contributed by atoms with van der Waals surface area (Å²) in [6.07, 6.45) is 3.69. The number of pyridine rings is 1. The van der Waals surface area contributed by atoms with Gasteiger partial charge >= 0.3 is 0 Å². The molecular formula is C18H16ClN5O2. The van der Waals surface area contributed by atoms with Crippen LogP contribution in [0, 0.1) is 0 Å². The first-order valence-electron chi connectivity index (χ1n) is 7.99. The molecule has 0 aliphatic rings. The summed E-state index contributed by atoms with van der Waals surface area (Å²) < 4.78 is 0. The van der Waals surface area contributed by atoms with Crippen LogP contribution in [-0.2, 0) is 17.8 Å². The molecule has 3 aromatic rings. The van der Waals surface area contributed by atoms with Crippen molar-refractivity contribution < 1.29 is 4.79 Å². The van der Waals surface area contributed by atoms with E-state index in [0.717, 1.165) is 5.56 Å². The zero-order valence-electron chi connectivity index (χ0n) is 13.8. The molecule has 2 N–H and O–H groups in total. The van der Waals surface area contributed by atoms with E-state index in [2.05, 4.69) is 25.5 Å². The van der Waals surface area contributed by atoms with Crippen molar-refractivity contribution in [3.05, 3.63) is 75.4 Å². The lowest BCUT2D eigenvalue weighted by atomic mass is 10.2. The second kappa shape index (κ2) is 8.35. The van der Waals surface area contributed by atoms with Gasteiger partial charge in [-0.15, -0.1) is 10.2 Å². The van der Waals surface area contributed by atoms with Gasteiger partial charge in [-0.25, -0.2) is 0 Å². The first kappa shape index (κ1) is 17.8. The van der Waals surface area contributed by atoms with E-state index in [9.17, 15) is 9.59 Å². The normalized spacial score (nSPS) is 10.5. The predicted octanol–water partition coefficient (Wildman–Crippen LogP) is 2.13. The third-order valence-corrected chi connectivity index (χ3v) is 3.93. The van der Waals surface area contributed by atoms with Crippen LogP contribution < -0.4 is 10.9 Å². The molecule has 0 aliphatic heterocycles. The van der Waals surface area contributed by atoms with E-state index in [1.807, 2.05) is 12.1 Å². The van der Waals surface area contributed by atoms with Gasteiger partial charge in [-0.05, 0) is 29.8 Å². The summed E-state index contributed by atoms with van der Waals surface area (Å²) in [5.41, 5.74) is 1.48. The summed E-state index contributed by atoms with van der Waals surface area (Å²) >= 11 is 5.94. The number of hydrogen-bond acceptors (Lipinski definition) is 5. The van der Waals surface area contributed by atoms with Crippen LogP contribution in [0.4, 0.5) is 0 Å². The largest absolute Gasteiger partial charge is 0.352 e. The molecule has 8 heteroatoms. The lowest BCUT2D eigenvalue weighted by Gasteiger charge is -2.05. The zero-order chi connectivity index (χ0) is 18.4. The minimum Gasteiger partial charge on any atom is -0.352 e. The lowest BCUT2D eigenvalue weighted by molar-refractivity contribution is -0.121. The van der Waals surface area contributed by atoms with Gasteiger partial charge in [0.05, 0.1) is 0 Å². The van der Waals surface area contributed by atoms with E-state index < -0.39 is 0 Å². The van der Waals surface area contributed by atoms with Crippen molar-refractivity contribution in [3.8, 4) is 11.4 Å². The minimum atomic E-state index is -0.364. The summed E-state index contributed by atoms with van der Waals surface area (Å²) in [7, 11) is 0. The van der Waals surface area contributed by atoms with Crippen LogP contribution in [0.15, 0.2) is 53.6 Å². The van der Waals surface area contributed by atoms with Gasteiger partial charge in [-0.2, -0.15) is 0 Å². The molecule has 26 heavy (non-hydrogen) atoms. The quantitative estimate of drug-likeness (QED) is 0.693. The van der Waals surface area contributed by atoms with E-state index >= 15 is 0 Å². The van der Waals surface area contributed by atoms with Crippen LogP contribution in [0.25, 0.3) is 11.4 Å². The van der Waals surface area contributed by atoms with Gasteiger partial charge in [-0.3, -0.25) is 14.6 Å². The predicted molar refractivity (Wildman–Crippen MR) is 97.5 cm³/mol. The molecule has 2 heterocycles. The fourth-order valence-corrected chi connectivity index (χ4v) is 2.50. The molecular weight excluding hydrogens is 354 g/mol. The molecule has 0 saturated carbocycles. The maximum Gasteiger partial charge on any atom is 0.273 e. The van der Waals surface area contributed by atoms with Crippen LogP contribution in [-0.4, -0.2) is 26.1 Å². The number of carbonyl (C=O) groups is 1. The molecule has 0 unspecified atom stereocenters. The summed E-state index contributed by atoms with van der Waals surface area (Å²) in [6, 6.07) is 10.6. The number of benzene rings is 1. The zero-order valence-corrected chi connectivity index (χ0v) is 14.5. The molecule has 3 rings (SSSR count). The van der Waals surface area contributed by atoms with Gasteiger partial charge in [0.25, 0.3) is 5.56 Å². The van der Waals surface area contributed by atoms with Crippen molar-refractivity contribution in [2.24, 2.45) is 0 Å². The Balaban J connectivity index is 1.58. The Hall–Kier alpha value is -3.06. The molecule has 0 spiro atoms. The average molecular weight is 370 g/mol. The van der Waals surface area contributed by atoms with Crippen molar-refractivity contribution in [2.75, 3.05) is 0 Å². The number of rotatable bonds is 6. The highest BCUT2D eigenvalue weighted by molar-refractivity contribution is 6.30. The maximum atomic E-state index is 12.2. The van der Waals surface area contributed by atoms with E-state index in [1.165, 1.54) is 0 Å². The SMILES string of the molecule is O=C(CCc1nnc(-c2cccc(Cl)c2)[nH]c1=O)NCc1ccncc1. The smallest absolute Gasteiger partial charge is 0.273 e. The lowest BCUT2D eigenvalue weighted by Crippen LogP contribution is -2.25. The van der Waals surface area contributed by atoms with E-state index in [0.29, 0.717) is 23.0 Å². The number of aryl methyl sites for hydroxylation is 1. The summed E-state index contributed by atoms with van der Waals surface area (Å²) in [6.45, 7) is 0.414. The molecule has 0 fully saturated rings. The van der Waals surface area contributed by atoms with Crippen molar-refractivity contribution in [1.29, 1.82) is 0 Å². The second-order valence-corrected chi connectivity index (χ2v) is 6.03. The van der Waals surface area contributed by atoms with E-state index in [1.54, 1.807) is 36.7 Å². The van der Waals surface area contributed by atoms with Crippen LogP contribution in [0.5, 0.6) is 0 Å². The Bertz CT molecular complexity index is 959. The molecule has 7 nitrogen and oxygen atoms in total. The Labute approximate surface area is 154 Å². The number of hydrogen-bond donors (Lipinski definition) is 2. The monoisotopic (exact) mass is 369 g/mol. The Kier molecular flexibility index (Phi) is 5.70. The highest BCUT2D eigenvalue weighted by atomic mass is 35.5. The standard InChI is InChI=1S/C18H16ClN5O2/c19-14-3-1-2-13(10-14)17-22-18(26)15(23-24-17)4-5-16(25)21-11-12-6-8-20-9-7-12/h1-3,6-10H,4-5,11H2,(H,21,25)(H,22,24,26). The number of H-pyrrole nitrogens is 1. The number of halogens is 1. The highest BCUT2D eigenvalue weighted by Gasteiger charge is 2.09. The number of aromatic nitrogens is 4. The Morgan fingerprint density at radius 1 is 1.15 bits per heavy atom. The van der Waals surface area contributed by atoms with Gasteiger partial charge in [0.15, 0.2) is 5.82 Å². The van der Waals surface area contributed by atoms with Crippen molar-refractivity contribution in [2.45, 2.75) is 19.4 Å². The minimum absolute atomic E-state index is 0.152. The fraction of sp³-hybridized carbons (Fsp3) is 0.167. The Morgan fingerprint density at radius 2 is 1.96 bits per heavy atom. The molecule has 132 valence electrons. The Morgan fingerprint density at radius 3 is 2.69 bits per heavy atom. The molecule has 0 radical (unpaired) electrons. The van der Waals surface area contributed by atoms with E-state index in [-0.39, 0.29) is 30.0 Å². The van der Waals surface area contributed by atoms with Gasteiger partial charge in [0.2, 0.25) is 5.91 Å². The van der Waals surface area contributed by atoms with E-state index in [4.69, 9.17) is 11.6 Å². The molecule has 1 amide bonds. The van der Waals surface area contributed by atoms with Crippen LogP contribution in [0.2, 0.25) is 5.02 Å². The molecule has 2 aromatic heterocycles. The summed E-state index contributed by atoms with van der Waals surface area (Å²) in [4.78, 5) is 30.7. The first-order valence-corrected chi connectivity index (χ1v) is 8.37. The summed E-state index contributed by atoms with van der Waals surface area (Å²) in [5, 5.41) is 11.3. The second-order valence-electron chi connectivity index (χ2n) is 5.59. The number of nitrogens with zero attached hydrogens (tertiary/aromatic N) is 3. The third-order valence-electron chi connectivity index (χ3n) is 3.69. The molecule has 0 atom stereocenters. The van der Waals surface area contributed by atoms with Gasteiger partial charge < -0.3 is 10.3 Å². The fourth-order valence-electron chi connectivity index (χ4n) is 2.31. The molecule has 1 aromatic carbocycles. The van der Waals surface area contributed by atoms with Gasteiger partial charge in [0, 0.05) is 42.4 Å². The molecule has 0 saturated heterocycles. The van der Waals surface area contributed by atoms with Crippen LogP contribution >= 0.6 is 11.6 Å². The number of carbonyl (C=O) groups excluding carboxylic acids is 1. The van der Waals surface area contributed by atoms with Crippen LogP contribution in [0.3, 0.4) is 0 Å². The topological polar surface area (TPSA) is 101 Å². The number of amides is 1. The van der Waals surface area contributed by atoms with Crippen molar-refractivity contribution >= 4 is 17.5 Å². The molecule has 0 bridgehead atoms. The van der Waals surface area contributed by atoms with Crippen molar-refractivity contribution in [3.63, 3.8) is 0 Å². The first-order chi connectivity index (χ1) is 12.6. The molecule has 0 aliphatic carbocycles. The average Bonchev–Trinajstić information content (AvgIpc) is 2.66.